The Morgan fingerprint density at radius 2 is 1.95 bits per heavy atom. The van der Waals surface area contributed by atoms with Crippen molar-refractivity contribution >= 4 is 5.82 Å². The Morgan fingerprint density at radius 3 is 2.50 bits per heavy atom. The number of aromatic nitrogens is 4. The fourth-order valence-corrected chi connectivity index (χ4v) is 2.25. The van der Waals surface area contributed by atoms with Gasteiger partial charge in [-0.3, -0.25) is 4.68 Å². The van der Waals surface area contributed by atoms with Crippen molar-refractivity contribution < 1.29 is 0 Å². The van der Waals surface area contributed by atoms with Crippen LogP contribution in [0.5, 0.6) is 0 Å². The molecule has 2 aromatic heterocycles. The SMILES string of the molecule is CCCNc1nc(-c2cnn(C)c2C)nc(C)c1CC. The predicted octanol–water partition coefficient (Wildman–Crippen LogP) is 2.88. The van der Waals surface area contributed by atoms with Crippen LogP contribution >= 0.6 is 0 Å². The number of nitrogens with one attached hydrogen (secondary N) is 1. The molecule has 0 saturated carbocycles. The largest absolute Gasteiger partial charge is 0.370 e. The van der Waals surface area contributed by atoms with E-state index in [0.717, 1.165) is 48.0 Å². The van der Waals surface area contributed by atoms with E-state index in [1.807, 2.05) is 31.8 Å². The van der Waals surface area contributed by atoms with E-state index in [-0.39, 0.29) is 0 Å². The third-order valence-corrected chi connectivity index (χ3v) is 3.59. The van der Waals surface area contributed by atoms with Crippen LogP contribution in [-0.2, 0) is 13.5 Å². The summed E-state index contributed by atoms with van der Waals surface area (Å²) in [6.45, 7) is 9.30. The third kappa shape index (κ3) is 2.66. The lowest BCUT2D eigenvalue weighted by atomic mass is 10.1. The van der Waals surface area contributed by atoms with Gasteiger partial charge in [0.1, 0.15) is 5.82 Å². The molecule has 20 heavy (non-hydrogen) atoms. The van der Waals surface area contributed by atoms with Crippen molar-refractivity contribution in [3.8, 4) is 11.4 Å². The first-order valence-electron chi connectivity index (χ1n) is 7.18. The highest BCUT2D eigenvalue weighted by Gasteiger charge is 2.14. The smallest absolute Gasteiger partial charge is 0.165 e. The fraction of sp³-hybridized carbons (Fsp3) is 0.533. The second kappa shape index (κ2) is 6.03. The van der Waals surface area contributed by atoms with E-state index < -0.39 is 0 Å². The molecule has 1 N–H and O–H groups in total. The Hall–Kier alpha value is -1.91. The van der Waals surface area contributed by atoms with Crippen LogP contribution in [-0.4, -0.2) is 26.3 Å². The maximum Gasteiger partial charge on any atom is 0.165 e. The van der Waals surface area contributed by atoms with E-state index in [1.165, 1.54) is 5.56 Å². The minimum Gasteiger partial charge on any atom is -0.370 e. The quantitative estimate of drug-likeness (QED) is 0.910. The minimum atomic E-state index is 0.754. The van der Waals surface area contributed by atoms with Gasteiger partial charge in [0, 0.05) is 30.5 Å². The minimum absolute atomic E-state index is 0.754. The topological polar surface area (TPSA) is 55.6 Å². The Bertz CT molecular complexity index is 601. The number of hydrogen-bond donors (Lipinski definition) is 1. The first-order valence-corrected chi connectivity index (χ1v) is 7.18. The number of hydrogen-bond acceptors (Lipinski definition) is 4. The van der Waals surface area contributed by atoms with E-state index >= 15 is 0 Å². The molecule has 0 aromatic carbocycles. The lowest BCUT2D eigenvalue weighted by Crippen LogP contribution is -2.09. The summed E-state index contributed by atoms with van der Waals surface area (Å²) < 4.78 is 1.85. The summed E-state index contributed by atoms with van der Waals surface area (Å²) in [5.74, 6) is 1.71. The molecule has 2 heterocycles. The molecular weight excluding hydrogens is 250 g/mol. The summed E-state index contributed by atoms with van der Waals surface area (Å²) in [6.07, 6.45) is 3.84. The highest BCUT2D eigenvalue weighted by Crippen LogP contribution is 2.24. The summed E-state index contributed by atoms with van der Waals surface area (Å²) in [5, 5.41) is 7.69. The van der Waals surface area contributed by atoms with Gasteiger partial charge in [-0.15, -0.1) is 0 Å². The summed E-state index contributed by atoms with van der Waals surface area (Å²) in [4.78, 5) is 9.36. The van der Waals surface area contributed by atoms with Gasteiger partial charge < -0.3 is 5.32 Å². The lowest BCUT2D eigenvalue weighted by Gasteiger charge is -2.13. The zero-order valence-corrected chi connectivity index (χ0v) is 13.0. The van der Waals surface area contributed by atoms with E-state index in [9.17, 15) is 0 Å². The summed E-state index contributed by atoms with van der Waals surface area (Å²) >= 11 is 0. The van der Waals surface area contributed by atoms with Gasteiger partial charge in [0.2, 0.25) is 0 Å². The molecule has 0 spiro atoms. The molecule has 0 unspecified atom stereocenters. The highest BCUT2D eigenvalue weighted by molar-refractivity contribution is 5.61. The molecule has 0 amide bonds. The number of nitrogens with zero attached hydrogens (tertiary/aromatic N) is 4. The van der Waals surface area contributed by atoms with Gasteiger partial charge in [-0.1, -0.05) is 13.8 Å². The Morgan fingerprint density at radius 1 is 1.20 bits per heavy atom. The van der Waals surface area contributed by atoms with E-state index in [2.05, 4.69) is 29.2 Å². The fourth-order valence-electron chi connectivity index (χ4n) is 2.25. The average molecular weight is 273 g/mol. The van der Waals surface area contributed by atoms with Gasteiger partial charge in [0.15, 0.2) is 5.82 Å². The summed E-state index contributed by atoms with van der Waals surface area (Å²) in [6, 6.07) is 0. The maximum atomic E-state index is 4.71. The van der Waals surface area contributed by atoms with Crippen LogP contribution < -0.4 is 5.32 Å². The second-order valence-corrected chi connectivity index (χ2v) is 5.01. The molecule has 2 rings (SSSR count). The summed E-state index contributed by atoms with van der Waals surface area (Å²) in [7, 11) is 1.93. The van der Waals surface area contributed by atoms with Crippen molar-refractivity contribution in [2.75, 3.05) is 11.9 Å². The zero-order valence-electron chi connectivity index (χ0n) is 13.0. The normalized spacial score (nSPS) is 10.8. The zero-order chi connectivity index (χ0) is 14.7. The predicted molar refractivity (Wildman–Crippen MR) is 81.9 cm³/mol. The van der Waals surface area contributed by atoms with Crippen molar-refractivity contribution in [3.05, 3.63) is 23.1 Å². The lowest BCUT2D eigenvalue weighted by molar-refractivity contribution is 0.740. The van der Waals surface area contributed by atoms with Crippen molar-refractivity contribution in [1.29, 1.82) is 0 Å². The van der Waals surface area contributed by atoms with Crippen molar-refractivity contribution in [3.63, 3.8) is 0 Å². The van der Waals surface area contributed by atoms with Gasteiger partial charge in [0.05, 0.1) is 11.8 Å². The molecule has 0 saturated heterocycles. The molecule has 0 aliphatic carbocycles. The molecule has 0 bridgehead atoms. The standard InChI is InChI=1S/C15H23N5/c1-6-8-16-14-12(7-2)10(3)18-15(19-14)13-9-17-20(5)11(13)4/h9H,6-8H2,1-5H3,(H,16,18,19). The van der Waals surface area contributed by atoms with E-state index in [0.29, 0.717) is 0 Å². The number of rotatable bonds is 5. The third-order valence-electron chi connectivity index (χ3n) is 3.59. The van der Waals surface area contributed by atoms with Gasteiger partial charge >= 0.3 is 0 Å². The van der Waals surface area contributed by atoms with Crippen LogP contribution in [0.25, 0.3) is 11.4 Å². The first kappa shape index (κ1) is 14.5. The van der Waals surface area contributed by atoms with Gasteiger partial charge in [-0.2, -0.15) is 5.10 Å². The number of anilines is 1. The molecule has 2 aromatic rings. The van der Waals surface area contributed by atoms with Crippen molar-refractivity contribution in [2.24, 2.45) is 7.05 Å². The monoisotopic (exact) mass is 273 g/mol. The molecule has 0 aliphatic heterocycles. The maximum absolute atomic E-state index is 4.71. The van der Waals surface area contributed by atoms with E-state index in [1.54, 1.807) is 0 Å². The molecule has 0 radical (unpaired) electrons. The Kier molecular flexibility index (Phi) is 4.37. The van der Waals surface area contributed by atoms with Crippen LogP contribution in [0, 0.1) is 13.8 Å². The molecule has 0 fully saturated rings. The molecule has 5 heteroatoms. The van der Waals surface area contributed by atoms with Crippen LogP contribution in [0.3, 0.4) is 0 Å². The first-order chi connectivity index (χ1) is 9.58. The Balaban J connectivity index is 2.50. The average Bonchev–Trinajstić information content (AvgIpc) is 2.76. The highest BCUT2D eigenvalue weighted by atomic mass is 15.3. The van der Waals surface area contributed by atoms with Crippen LogP contribution in [0.1, 0.15) is 37.2 Å². The molecular formula is C15H23N5. The summed E-state index contributed by atoms with van der Waals surface area (Å²) in [5.41, 5.74) is 4.32. The molecule has 5 nitrogen and oxygen atoms in total. The van der Waals surface area contributed by atoms with Gasteiger partial charge in [-0.25, -0.2) is 9.97 Å². The van der Waals surface area contributed by atoms with Crippen LogP contribution in [0.4, 0.5) is 5.82 Å². The van der Waals surface area contributed by atoms with Crippen molar-refractivity contribution in [2.45, 2.75) is 40.5 Å². The molecule has 0 atom stereocenters. The van der Waals surface area contributed by atoms with Crippen LogP contribution in [0.2, 0.25) is 0 Å². The van der Waals surface area contributed by atoms with E-state index in [4.69, 9.17) is 4.98 Å². The number of aryl methyl sites for hydroxylation is 2. The second-order valence-electron chi connectivity index (χ2n) is 5.01. The van der Waals surface area contributed by atoms with Crippen molar-refractivity contribution in [1.82, 2.24) is 19.7 Å². The van der Waals surface area contributed by atoms with Crippen LogP contribution in [0.15, 0.2) is 6.20 Å². The van der Waals surface area contributed by atoms with Gasteiger partial charge in [-0.05, 0) is 26.7 Å². The van der Waals surface area contributed by atoms with Gasteiger partial charge in [0.25, 0.3) is 0 Å². The molecule has 0 aliphatic rings. The molecule has 108 valence electrons. The Labute approximate surface area is 120 Å².